The van der Waals surface area contributed by atoms with Crippen molar-refractivity contribution in [2.45, 2.75) is 13.8 Å². The lowest BCUT2D eigenvalue weighted by molar-refractivity contribution is 0.101. The highest BCUT2D eigenvalue weighted by Gasteiger charge is 2.14. The minimum atomic E-state index is -0.154. The standard InChI is InChI=1S/C9H7Cl2N3O/c1-4-7(10)9-12-8(11)6(5(2)15)3-14(9)13-4/h3H,1-2H3. The van der Waals surface area contributed by atoms with E-state index in [4.69, 9.17) is 23.2 Å². The molecule has 2 aromatic heterocycles. The summed E-state index contributed by atoms with van der Waals surface area (Å²) in [6.45, 7) is 3.19. The fraction of sp³-hybridized carbons (Fsp3) is 0.222. The van der Waals surface area contributed by atoms with Crippen LogP contribution >= 0.6 is 23.2 Å². The Morgan fingerprint density at radius 1 is 1.47 bits per heavy atom. The first-order valence-corrected chi connectivity index (χ1v) is 4.98. The first-order valence-electron chi connectivity index (χ1n) is 4.22. The van der Waals surface area contributed by atoms with Crippen LogP contribution in [0.2, 0.25) is 10.2 Å². The number of ketones is 1. The fourth-order valence-corrected chi connectivity index (χ4v) is 1.70. The van der Waals surface area contributed by atoms with Crippen molar-refractivity contribution in [3.63, 3.8) is 0 Å². The van der Waals surface area contributed by atoms with Crippen LogP contribution in [0.4, 0.5) is 0 Å². The molecule has 4 nitrogen and oxygen atoms in total. The van der Waals surface area contributed by atoms with Crippen molar-refractivity contribution in [3.8, 4) is 0 Å². The maximum absolute atomic E-state index is 11.2. The summed E-state index contributed by atoms with van der Waals surface area (Å²) < 4.78 is 1.46. The van der Waals surface area contributed by atoms with E-state index in [1.54, 1.807) is 6.92 Å². The van der Waals surface area contributed by atoms with E-state index in [2.05, 4.69) is 10.1 Å². The van der Waals surface area contributed by atoms with Gasteiger partial charge in [0.05, 0.1) is 11.3 Å². The molecular weight excluding hydrogens is 237 g/mol. The van der Waals surface area contributed by atoms with Crippen LogP contribution in [-0.2, 0) is 0 Å². The third-order valence-electron chi connectivity index (χ3n) is 2.05. The molecule has 0 spiro atoms. The van der Waals surface area contributed by atoms with Crippen molar-refractivity contribution in [2.75, 3.05) is 0 Å². The Morgan fingerprint density at radius 2 is 2.13 bits per heavy atom. The summed E-state index contributed by atoms with van der Waals surface area (Å²) in [5.74, 6) is -0.154. The number of fused-ring (bicyclic) bond motifs is 1. The summed E-state index contributed by atoms with van der Waals surface area (Å²) in [6, 6.07) is 0. The van der Waals surface area contributed by atoms with Crippen molar-refractivity contribution in [2.24, 2.45) is 0 Å². The van der Waals surface area contributed by atoms with E-state index in [-0.39, 0.29) is 10.9 Å². The van der Waals surface area contributed by atoms with Gasteiger partial charge in [-0.1, -0.05) is 23.2 Å². The zero-order valence-electron chi connectivity index (χ0n) is 8.08. The van der Waals surface area contributed by atoms with E-state index in [1.165, 1.54) is 17.6 Å². The topological polar surface area (TPSA) is 47.3 Å². The lowest BCUT2D eigenvalue weighted by Gasteiger charge is -1.99. The molecule has 78 valence electrons. The van der Waals surface area contributed by atoms with Crippen molar-refractivity contribution in [3.05, 3.63) is 27.6 Å². The first kappa shape index (κ1) is 10.4. The van der Waals surface area contributed by atoms with Gasteiger partial charge in [-0.05, 0) is 13.8 Å². The maximum atomic E-state index is 11.2. The molecule has 2 heterocycles. The molecule has 0 bridgehead atoms. The number of halogens is 2. The van der Waals surface area contributed by atoms with Gasteiger partial charge in [0.15, 0.2) is 11.4 Å². The summed E-state index contributed by atoms with van der Waals surface area (Å²) in [7, 11) is 0. The molecule has 2 aromatic rings. The largest absolute Gasteiger partial charge is 0.294 e. The molecule has 2 rings (SSSR count). The molecule has 0 fully saturated rings. The summed E-state index contributed by atoms with van der Waals surface area (Å²) in [5, 5.41) is 4.71. The van der Waals surface area contributed by atoms with E-state index in [0.29, 0.717) is 21.9 Å². The van der Waals surface area contributed by atoms with Crippen LogP contribution in [0.1, 0.15) is 23.0 Å². The lowest BCUT2D eigenvalue weighted by Crippen LogP contribution is -2.00. The SMILES string of the molecule is CC(=O)c1cn2nc(C)c(Cl)c2nc1Cl. The number of carbonyl (C=O) groups excluding carboxylic acids is 1. The van der Waals surface area contributed by atoms with Gasteiger partial charge in [0.1, 0.15) is 10.2 Å². The van der Waals surface area contributed by atoms with E-state index in [9.17, 15) is 4.79 Å². The molecule has 6 heteroatoms. The molecule has 0 amide bonds. The van der Waals surface area contributed by atoms with Crippen LogP contribution in [0.3, 0.4) is 0 Å². The van der Waals surface area contributed by atoms with Gasteiger partial charge in [0, 0.05) is 6.20 Å². The van der Waals surface area contributed by atoms with Crippen molar-refractivity contribution >= 4 is 34.6 Å². The second-order valence-electron chi connectivity index (χ2n) is 3.17. The van der Waals surface area contributed by atoms with Gasteiger partial charge in [-0.2, -0.15) is 5.10 Å². The Hall–Kier alpha value is -1.13. The number of rotatable bonds is 1. The van der Waals surface area contributed by atoms with Gasteiger partial charge in [0.2, 0.25) is 0 Å². The Labute approximate surface area is 95.8 Å². The average molecular weight is 244 g/mol. The molecule has 0 atom stereocenters. The highest BCUT2D eigenvalue weighted by Crippen LogP contribution is 2.23. The molecule has 0 N–H and O–H groups in total. The molecule has 15 heavy (non-hydrogen) atoms. The van der Waals surface area contributed by atoms with Gasteiger partial charge in [-0.15, -0.1) is 0 Å². The molecule has 0 saturated heterocycles. The summed E-state index contributed by atoms with van der Waals surface area (Å²) in [4.78, 5) is 15.2. The lowest BCUT2D eigenvalue weighted by atomic mass is 10.2. The molecule has 0 aliphatic heterocycles. The minimum Gasteiger partial charge on any atom is -0.294 e. The Bertz CT molecular complexity index is 562. The Kier molecular flexibility index (Phi) is 2.40. The van der Waals surface area contributed by atoms with Gasteiger partial charge in [-0.25, -0.2) is 9.50 Å². The Balaban J connectivity index is 2.82. The van der Waals surface area contributed by atoms with Gasteiger partial charge in [0.25, 0.3) is 0 Å². The third kappa shape index (κ3) is 1.60. The summed E-state index contributed by atoms with van der Waals surface area (Å²) in [5.41, 5.74) is 1.45. The monoisotopic (exact) mass is 243 g/mol. The first-order chi connectivity index (χ1) is 7.00. The molecule has 0 saturated carbocycles. The van der Waals surface area contributed by atoms with E-state index in [0.717, 1.165) is 0 Å². The molecule has 0 aromatic carbocycles. The van der Waals surface area contributed by atoms with Crippen LogP contribution in [0, 0.1) is 6.92 Å². The zero-order valence-corrected chi connectivity index (χ0v) is 9.60. The molecule has 0 aliphatic rings. The van der Waals surface area contributed by atoms with Gasteiger partial charge in [-0.3, -0.25) is 4.79 Å². The predicted octanol–water partition coefficient (Wildman–Crippen LogP) is 2.55. The van der Waals surface area contributed by atoms with Crippen LogP contribution < -0.4 is 0 Å². The van der Waals surface area contributed by atoms with E-state index < -0.39 is 0 Å². The maximum Gasteiger partial charge on any atom is 0.175 e. The van der Waals surface area contributed by atoms with E-state index >= 15 is 0 Å². The number of hydrogen-bond acceptors (Lipinski definition) is 3. The van der Waals surface area contributed by atoms with Crippen LogP contribution in [0.25, 0.3) is 5.65 Å². The zero-order chi connectivity index (χ0) is 11.2. The minimum absolute atomic E-state index is 0.150. The second-order valence-corrected chi connectivity index (χ2v) is 3.91. The average Bonchev–Trinajstić information content (AvgIpc) is 2.43. The number of Topliss-reactive ketones (excluding diaryl/α,β-unsaturated/α-hetero) is 1. The summed E-state index contributed by atoms with van der Waals surface area (Å²) >= 11 is 11.8. The van der Waals surface area contributed by atoms with Crippen LogP contribution in [0.15, 0.2) is 6.20 Å². The summed E-state index contributed by atoms with van der Waals surface area (Å²) in [6.07, 6.45) is 1.53. The van der Waals surface area contributed by atoms with Gasteiger partial charge >= 0.3 is 0 Å². The number of aryl methyl sites for hydroxylation is 1. The number of aromatic nitrogens is 3. The Morgan fingerprint density at radius 3 is 2.73 bits per heavy atom. The molecule has 0 radical (unpaired) electrons. The van der Waals surface area contributed by atoms with Crippen molar-refractivity contribution in [1.82, 2.24) is 14.6 Å². The fourth-order valence-electron chi connectivity index (χ4n) is 1.27. The van der Waals surface area contributed by atoms with E-state index in [1.807, 2.05) is 0 Å². The number of hydrogen-bond donors (Lipinski definition) is 0. The highest BCUT2D eigenvalue weighted by atomic mass is 35.5. The molecular formula is C9H7Cl2N3O. The molecule has 0 unspecified atom stereocenters. The van der Waals surface area contributed by atoms with Crippen LogP contribution in [-0.4, -0.2) is 20.4 Å². The van der Waals surface area contributed by atoms with Gasteiger partial charge < -0.3 is 0 Å². The normalized spacial score (nSPS) is 10.9. The quantitative estimate of drug-likeness (QED) is 0.572. The number of carbonyl (C=O) groups is 1. The molecule has 0 aliphatic carbocycles. The van der Waals surface area contributed by atoms with Crippen molar-refractivity contribution < 1.29 is 4.79 Å². The smallest absolute Gasteiger partial charge is 0.175 e. The predicted molar refractivity (Wildman–Crippen MR) is 57.7 cm³/mol. The number of nitrogens with zero attached hydrogens (tertiary/aromatic N) is 3. The van der Waals surface area contributed by atoms with Crippen LogP contribution in [0.5, 0.6) is 0 Å². The second kappa shape index (κ2) is 3.47. The third-order valence-corrected chi connectivity index (χ3v) is 2.78. The highest BCUT2D eigenvalue weighted by molar-refractivity contribution is 6.35. The van der Waals surface area contributed by atoms with Crippen molar-refractivity contribution in [1.29, 1.82) is 0 Å².